The van der Waals surface area contributed by atoms with Gasteiger partial charge in [-0.1, -0.05) is 0 Å². The number of halogens is 1. The van der Waals surface area contributed by atoms with Gasteiger partial charge in [-0.15, -0.1) is 0 Å². The summed E-state index contributed by atoms with van der Waals surface area (Å²) >= 11 is 3.45. The molecule has 5 heterocycles. The van der Waals surface area contributed by atoms with Crippen molar-refractivity contribution >= 4 is 32.9 Å². The number of rotatable bonds is 6. The second-order valence-corrected chi connectivity index (χ2v) is 8.31. The van der Waals surface area contributed by atoms with Crippen molar-refractivity contribution in [3.05, 3.63) is 41.2 Å². The minimum Gasteiger partial charge on any atom is -0.383 e. The molecule has 3 aromatic rings. The normalized spacial score (nSPS) is 21.9. The van der Waals surface area contributed by atoms with E-state index in [1.807, 2.05) is 17.1 Å². The smallest absolute Gasteiger partial charge is 0.165 e. The second-order valence-electron chi connectivity index (χ2n) is 7.39. The molecule has 28 heavy (non-hydrogen) atoms. The van der Waals surface area contributed by atoms with Gasteiger partial charge < -0.3 is 14.2 Å². The molecule has 3 aromatic heterocycles. The lowest BCUT2D eigenvalue weighted by molar-refractivity contribution is 0.188. The minimum atomic E-state index is 0.461. The van der Waals surface area contributed by atoms with Crippen LogP contribution in [0.2, 0.25) is 0 Å². The van der Waals surface area contributed by atoms with Crippen LogP contribution in [0.25, 0.3) is 11.2 Å². The zero-order valence-electron chi connectivity index (χ0n) is 15.7. The molecule has 0 aliphatic carbocycles. The molecule has 2 unspecified atom stereocenters. The summed E-state index contributed by atoms with van der Waals surface area (Å²) in [6, 6.07) is 5.13. The van der Waals surface area contributed by atoms with E-state index in [0.29, 0.717) is 18.7 Å². The van der Waals surface area contributed by atoms with E-state index in [1.54, 1.807) is 13.4 Å². The molecular formula is C19H22BrN7O. The molecule has 0 radical (unpaired) electrons. The third-order valence-electron chi connectivity index (χ3n) is 5.70. The number of imidazole rings is 1. The number of anilines is 1. The Bertz CT molecular complexity index is 976. The largest absolute Gasteiger partial charge is 0.383 e. The van der Waals surface area contributed by atoms with Crippen LogP contribution in [0.15, 0.2) is 35.5 Å². The summed E-state index contributed by atoms with van der Waals surface area (Å²) in [4.78, 5) is 23.1. The molecule has 2 atom stereocenters. The van der Waals surface area contributed by atoms with Crippen LogP contribution in [0.1, 0.15) is 12.1 Å². The monoisotopic (exact) mass is 443 g/mol. The highest BCUT2D eigenvalue weighted by atomic mass is 79.9. The predicted molar refractivity (Wildman–Crippen MR) is 109 cm³/mol. The van der Waals surface area contributed by atoms with Crippen LogP contribution in [0.3, 0.4) is 0 Å². The van der Waals surface area contributed by atoms with E-state index in [4.69, 9.17) is 4.74 Å². The van der Waals surface area contributed by atoms with Crippen molar-refractivity contribution in [3.8, 4) is 0 Å². The van der Waals surface area contributed by atoms with Gasteiger partial charge in [0.1, 0.15) is 6.33 Å². The highest BCUT2D eigenvalue weighted by Crippen LogP contribution is 2.36. The Hall–Kier alpha value is -2.10. The van der Waals surface area contributed by atoms with Gasteiger partial charge in [-0.2, -0.15) is 0 Å². The van der Waals surface area contributed by atoms with Gasteiger partial charge in [0, 0.05) is 56.0 Å². The van der Waals surface area contributed by atoms with Gasteiger partial charge in [-0.3, -0.25) is 9.88 Å². The van der Waals surface area contributed by atoms with Gasteiger partial charge in [-0.25, -0.2) is 15.0 Å². The SMILES string of the molecule is COCCn1cnc2c(N3CC4CC3CN4Cc3ccc(Br)cn3)ncnc21. The quantitative estimate of drug-likeness (QED) is 0.577. The molecular weight excluding hydrogens is 422 g/mol. The number of hydrogen-bond acceptors (Lipinski definition) is 7. The van der Waals surface area contributed by atoms with Crippen LogP contribution in [0.5, 0.6) is 0 Å². The Balaban J connectivity index is 1.33. The Morgan fingerprint density at radius 3 is 2.82 bits per heavy atom. The maximum absolute atomic E-state index is 5.19. The molecule has 0 amide bonds. The number of nitrogens with zero attached hydrogens (tertiary/aromatic N) is 7. The van der Waals surface area contributed by atoms with Gasteiger partial charge >= 0.3 is 0 Å². The Labute approximate surface area is 171 Å². The highest BCUT2D eigenvalue weighted by molar-refractivity contribution is 9.10. The van der Waals surface area contributed by atoms with E-state index in [0.717, 1.165) is 59.7 Å². The van der Waals surface area contributed by atoms with Crippen LogP contribution >= 0.6 is 15.9 Å². The average molecular weight is 444 g/mol. The number of ether oxygens (including phenoxy) is 1. The molecule has 2 bridgehead atoms. The standard InChI is InChI=1S/C19H22BrN7O/c1-28-5-4-25-12-24-17-18(25)22-11-23-19(17)27-10-15-6-16(27)9-26(15)8-14-3-2-13(20)7-21-14/h2-3,7,11-12,15-16H,4-6,8-10H2,1H3. The maximum Gasteiger partial charge on any atom is 0.165 e. The first-order valence-corrected chi connectivity index (χ1v) is 10.3. The lowest BCUT2D eigenvalue weighted by atomic mass is 10.2. The predicted octanol–water partition coefficient (Wildman–Crippen LogP) is 2.09. The third kappa shape index (κ3) is 3.17. The van der Waals surface area contributed by atoms with Crippen LogP contribution in [0, 0.1) is 0 Å². The van der Waals surface area contributed by atoms with Gasteiger partial charge in [0.15, 0.2) is 17.0 Å². The zero-order chi connectivity index (χ0) is 19.1. The van der Waals surface area contributed by atoms with E-state index < -0.39 is 0 Å². The average Bonchev–Trinajstić information content (AvgIpc) is 3.42. The molecule has 8 nitrogen and oxygen atoms in total. The molecule has 9 heteroatoms. The fourth-order valence-electron chi connectivity index (χ4n) is 4.34. The molecule has 2 aliphatic heterocycles. The number of hydrogen-bond donors (Lipinski definition) is 0. The Morgan fingerprint density at radius 1 is 1.14 bits per heavy atom. The molecule has 0 spiro atoms. The summed E-state index contributed by atoms with van der Waals surface area (Å²) in [5.74, 6) is 0.954. The Morgan fingerprint density at radius 2 is 2.07 bits per heavy atom. The van der Waals surface area contributed by atoms with Crippen molar-refractivity contribution in [2.24, 2.45) is 0 Å². The summed E-state index contributed by atoms with van der Waals surface area (Å²) in [6.07, 6.45) is 6.51. The molecule has 2 aliphatic rings. The van der Waals surface area contributed by atoms with Gasteiger partial charge in [-0.05, 0) is 34.5 Å². The first-order valence-electron chi connectivity index (χ1n) is 9.49. The number of piperazine rings is 1. The summed E-state index contributed by atoms with van der Waals surface area (Å²) in [7, 11) is 1.70. The number of likely N-dealkylation sites (tertiary alicyclic amines) is 1. The van der Waals surface area contributed by atoms with E-state index >= 15 is 0 Å². The first-order chi connectivity index (χ1) is 13.7. The minimum absolute atomic E-state index is 0.461. The van der Waals surface area contributed by atoms with Crippen molar-refractivity contribution in [3.63, 3.8) is 0 Å². The molecule has 0 N–H and O–H groups in total. The zero-order valence-corrected chi connectivity index (χ0v) is 17.3. The molecule has 146 valence electrons. The maximum atomic E-state index is 5.19. The molecule has 2 fully saturated rings. The van der Waals surface area contributed by atoms with Crippen LogP contribution in [-0.4, -0.2) is 68.3 Å². The second kappa shape index (κ2) is 7.38. The van der Waals surface area contributed by atoms with E-state index in [9.17, 15) is 0 Å². The fourth-order valence-corrected chi connectivity index (χ4v) is 4.58. The van der Waals surface area contributed by atoms with Gasteiger partial charge in [0.05, 0.1) is 18.6 Å². The van der Waals surface area contributed by atoms with Crippen molar-refractivity contribution in [2.75, 3.05) is 31.7 Å². The van der Waals surface area contributed by atoms with Crippen molar-refractivity contribution in [1.82, 2.24) is 29.4 Å². The summed E-state index contributed by atoms with van der Waals surface area (Å²) in [5.41, 5.74) is 2.87. The van der Waals surface area contributed by atoms with E-state index in [-0.39, 0.29) is 0 Å². The topological polar surface area (TPSA) is 72.2 Å². The number of pyridine rings is 1. The van der Waals surface area contributed by atoms with E-state index in [2.05, 4.69) is 57.8 Å². The lowest BCUT2D eigenvalue weighted by Gasteiger charge is -2.34. The molecule has 0 saturated carbocycles. The first kappa shape index (κ1) is 18.0. The summed E-state index contributed by atoms with van der Waals surface area (Å²) < 4.78 is 8.23. The molecule has 0 aromatic carbocycles. The Kier molecular flexibility index (Phi) is 4.73. The van der Waals surface area contributed by atoms with Crippen LogP contribution in [-0.2, 0) is 17.8 Å². The molecule has 5 rings (SSSR count). The van der Waals surface area contributed by atoms with Crippen LogP contribution < -0.4 is 4.90 Å². The molecule has 2 saturated heterocycles. The number of aromatic nitrogens is 5. The lowest BCUT2D eigenvalue weighted by Crippen LogP contribution is -2.46. The third-order valence-corrected chi connectivity index (χ3v) is 6.17. The van der Waals surface area contributed by atoms with Crippen molar-refractivity contribution in [2.45, 2.75) is 31.6 Å². The van der Waals surface area contributed by atoms with Crippen molar-refractivity contribution in [1.29, 1.82) is 0 Å². The fraction of sp³-hybridized carbons (Fsp3) is 0.474. The number of fused-ring (bicyclic) bond motifs is 3. The van der Waals surface area contributed by atoms with Gasteiger partial charge in [0.2, 0.25) is 0 Å². The van der Waals surface area contributed by atoms with Crippen LogP contribution in [0.4, 0.5) is 5.82 Å². The summed E-state index contributed by atoms with van der Waals surface area (Å²) in [6.45, 7) is 4.27. The van der Waals surface area contributed by atoms with Crippen molar-refractivity contribution < 1.29 is 4.74 Å². The highest BCUT2D eigenvalue weighted by Gasteiger charge is 2.44. The van der Waals surface area contributed by atoms with Gasteiger partial charge in [0.25, 0.3) is 0 Å². The summed E-state index contributed by atoms with van der Waals surface area (Å²) in [5, 5.41) is 0. The number of methoxy groups -OCH3 is 1. The van der Waals surface area contributed by atoms with E-state index in [1.165, 1.54) is 0 Å².